The summed E-state index contributed by atoms with van der Waals surface area (Å²) >= 11 is 0. The number of carbonyl (C=O) groups excluding carboxylic acids is 1. The molecule has 0 spiro atoms. The molecule has 1 aliphatic rings. The second-order valence-electron chi connectivity index (χ2n) is 7.89. The molecule has 1 heterocycles. The number of aliphatic hydroxyl groups excluding tert-OH is 1. The lowest BCUT2D eigenvalue weighted by Crippen LogP contribution is -2.42. The first-order valence-electron chi connectivity index (χ1n) is 10.6. The van der Waals surface area contributed by atoms with E-state index in [-0.39, 0.29) is 12.3 Å². The largest absolute Gasteiger partial charge is 0.497 e. The summed E-state index contributed by atoms with van der Waals surface area (Å²) in [6.45, 7) is 2.55. The lowest BCUT2D eigenvalue weighted by Gasteiger charge is -2.34. The van der Waals surface area contributed by atoms with Crippen molar-refractivity contribution in [2.45, 2.75) is 31.5 Å². The van der Waals surface area contributed by atoms with Gasteiger partial charge >= 0.3 is 0 Å². The fourth-order valence-corrected chi connectivity index (χ4v) is 4.04. The number of primary amides is 1. The maximum atomic E-state index is 11.9. The lowest BCUT2D eigenvalue weighted by atomic mass is 9.88. The number of nitrogens with zero attached hydrogens (tertiary/aromatic N) is 1. The van der Waals surface area contributed by atoms with Crippen LogP contribution in [-0.2, 0) is 4.79 Å². The highest BCUT2D eigenvalue weighted by Crippen LogP contribution is 2.32. The topological polar surface area (TPSA) is 94.3 Å². The first-order chi connectivity index (χ1) is 15.0. The van der Waals surface area contributed by atoms with Crippen molar-refractivity contribution in [1.82, 2.24) is 4.90 Å². The molecule has 31 heavy (non-hydrogen) atoms. The Hall–Kier alpha value is -2.77. The van der Waals surface area contributed by atoms with E-state index in [1.54, 1.807) is 38.5 Å². The molecule has 1 saturated heterocycles. The van der Waals surface area contributed by atoms with E-state index in [0.29, 0.717) is 18.0 Å². The summed E-state index contributed by atoms with van der Waals surface area (Å²) in [5.74, 6) is 1.22. The van der Waals surface area contributed by atoms with Gasteiger partial charge in [0.25, 0.3) is 0 Å². The molecule has 2 aromatic carbocycles. The molecule has 0 aromatic heterocycles. The Morgan fingerprint density at radius 3 is 2.00 bits per heavy atom. The number of carbonyl (C=O) groups is 1. The van der Waals surface area contributed by atoms with Crippen molar-refractivity contribution >= 4 is 5.91 Å². The zero-order chi connectivity index (χ0) is 22.2. The molecule has 3 rings (SSSR count). The standard InChI is InChI=1S/C24H32N2O5/c1-29-18-7-5-17(6-8-18)24(28)21(16-26-13-3-4-14-26)22(15-23(25)27)31-20-11-9-19(30-2)10-12-20/h5-12,21-22,24,28H,3-4,13-16H2,1-2H3,(H2,25,27). The van der Waals surface area contributed by atoms with Crippen molar-refractivity contribution in [1.29, 1.82) is 0 Å². The number of ether oxygens (including phenoxy) is 3. The Kier molecular flexibility index (Phi) is 8.14. The molecule has 0 bridgehead atoms. The van der Waals surface area contributed by atoms with Gasteiger partial charge in [-0.3, -0.25) is 4.79 Å². The quantitative estimate of drug-likeness (QED) is 0.572. The van der Waals surface area contributed by atoms with Crippen LogP contribution in [-0.4, -0.2) is 55.9 Å². The summed E-state index contributed by atoms with van der Waals surface area (Å²) in [6, 6.07) is 14.5. The molecule has 7 heteroatoms. The highest BCUT2D eigenvalue weighted by Gasteiger charge is 2.34. The van der Waals surface area contributed by atoms with Crippen LogP contribution < -0.4 is 19.9 Å². The Morgan fingerprint density at radius 1 is 0.968 bits per heavy atom. The summed E-state index contributed by atoms with van der Waals surface area (Å²) < 4.78 is 16.6. The third-order valence-electron chi connectivity index (χ3n) is 5.76. The molecular weight excluding hydrogens is 396 g/mol. The molecule has 2 aromatic rings. The predicted octanol–water partition coefficient (Wildman–Crippen LogP) is 2.77. The second-order valence-corrected chi connectivity index (χ2v) is 7.89. The van der Waals surface area contributed by atoms with Gasteiger partial charge in [-0.2, -0.15) is 0 Å². The van der Waals surface area contributed by atoms with Gasteiger partial charge in [0, 0.05) is 12.5 Å². The summed E-state index contributed by atoms with van der Waals surface area (Å²) in [4.78, 5) is 14.2. The van der Waals surface area contributed by atoms with Crippen molar-refractivity contribution in [3.63, 3.8) is 0 Å². The molecule has 1 aliphatic heterocycles. The van der Waals surface area contributed by atoms with E-state index in [0.717, 1.165) is 37.2 Å². The van der Waals surface area contributed by atoms with E-state index in [4.69, 9.17) is 19.9 Å². The molecule has 0 aliphatic carbocycles. The van der Waals surface area contributed by atoms with Gasteiger partial charge < -0.3 is 30.0 Å². The predicted molar refractivity (Wildman–Crippen MR) is 118 cm³/mol. The number of benzene rings is 2. The van der Waals surface area contributed by atoms with Crippen molar-refractivity contribution in [2.75, 3.05) is 33.9 Å². The van der Waals surface area contributed by atoms with Crippen LogP contribution >= 0.6 is 0 Å². The number of nitrogens with two attached hydrogens (primary N) is 1. The fourth-order valence-electron chi connectivity index (χ4n) is 4.04. The number of methoxy groups -OCH3 is 2. The highest BCUT2D eigenvalue weighted by molar-refractivity contribution is 5.74. The van der Waals surface area contributed by atoms with E-state index in [1.165, 1.54) is 0 Å². The van der Waals surface area contributed by atoms with Crippen LogP contribution in [0.25, 0.3) is 0 Å². The Bertz CT molecular complexity index is 819. The molecule has 3 N–H and O–H groups in total. The Labute approximate surface area is 183 Å². The zero-order valence-electron chi connectivity index (χ0n) is 18.2. The normalized spacial score (nSPS) is 17.0. The van der Waals surface area contributed by atoms with Crippen LogP contribution in [0.4, 0.5) is 0 Å². The molecule has 0 saturated carbocycles. The lowest BCUT2D eigenvalue weighted by molar-refractivity contribution is -0.121. The average molecular weight is 429 g/mol. The molecule has 1 fully saturated rings. The van der Waals surface area contributed by atoms with E-state index >= 15 is 0 Å². The number of hydrogen-bond donors (Lipinski definition) is 2. The first-order valence-corrected chi connectivity index (χ1v) is 10.6. The van der Waals surface area contributed by atoms with E-state index in [1.807, 2.05) is 24.3 Å². The highest BCUT2D eigenvalue weighted by atomic mass is 16.5. The van der Waals surface area contributed by atoms with E-state index < -0.39 is 18.1 Å². The number of amides is 1. The molecule has 0 radical (unpaired) electrons. The zero-order valence-corrected chi connectivity index (χ0v) is 18.2. The SMILES string of the molecule is COc1ccc(OC(CC(N)=O)C(CN2CCCC2)C(O)c2ccc(OC)cc2)cc1. The van der Waals surface area contributed by atoms with Crippen LogP contribution in [0, 0.1) is 5.92 Å². The molecular formula is C24H32N2O5. The maximum Gasteiger partial charge on any atom is 0.221 e. The third-order valence-corrected chi connectivity index (χ3v) is 5.76. The molecule has 168 valence electrons. The van der Waals surface area contributed by atoms with Gasteiger partial charge in [0.15, 0.2) is 0 Å². The third kappa shape index (κ3) is 6.35. The molecule has 1 amide bonds. The van der Waals surface area contributed by atoms with Gasteiger partial charge in [-0.1, -0.05) is 12.1 Å². The van der Waals surface area contributed by atoms with Crippen molar-refractivity contribution < 1.29 is 24.1 Å². The van der Waals surface area contributed by atoms with Gasteiger partial charge in [-0.25, -0.2) is 0 Å². The fraction of sp³-hybridized carbons (Fsp3) is 0.458. The number of aliphatic hydroxyl groups is 1. The first kappa shape index (κ1) is 22.9. The molecule has 3 atom stereocenters. The van der Waals surface area contributed by atoms with Crippen LogP contribution in [0.2, 0.25) is 0 Å². The van der Waals surface area contributed by atoms with Crippen LogP contribution in [0.5, 0.6) is 17.2 Å². The number of rotatable bonds is 11. The number of likely N-dealkylation sites (tertiary alicyclic amines) is 1. The van der Waals surface area contributed by atoms with E-state index in [9.17, 15) is 9.90 Å². The van der Waals surface area contributed by atoms with Crippen molar-refractivity contribution in [2.24, 2.45) is 11.7 Å². The van der Waals surface area contributed by atoms with Crippen LogP contribution in [0.3, 0.4) is 0 Å². The van der Waals surface area contributed by atoms with E-state index in [2.05, 4.69) is 4.90 Å². The van der Waals surface area contributed by atoms with Gasteiger partial charge in [-0.15, -0.1) is 0 Å². The number of hydrogen-bond acceptors (Lipinski definition) is 6. The average Bonchev–Trinajstić information content (AvgIpc) is 3.30. The summed E-state index contributed by atoms with van der Waals surface area (Å²) in [6.07, 6.45) is 0.867. The molecule has 3 unspecified atom stereocenters. The molecule has 7 nitrogen and oxygen atoms in total. The summed E-state index contributed by atoms with van der Waals surface area (Å²) in [5.41, 5.74) is 6.31. The van der Waals surface area contributed by atoms with Gasteiger partial charge in [-0.05, 0) is 67.9 Å². The Morgan fingerprint density at radius 2 is 1.48 bits per heavy atom. The summed E-state index contributed by atoms with van der Waals surface area (Å²) in [7, 11) is 3.20. The Balaban J connectivity index is 1.87. The minimum atomic E-state index is -0.825. The second kappa shape index (κ2) is 11.0. The summed E-state index contributed by atoms with van der Waals surface area (Å²) in [5, 5.41) is 11.3. The van der Waals surface area contributed by atoms with Crippen molar-refractivity contribution in [3.8, 4) is 17.2 Å². The van der Waals surface area contributed by atoms with Crippen molar-refractivity contribution in [3.05, 3.63) is 54.1 Å². The minimum absolute atomic E-state index is 0.0117. The van der Waals surface area contributed by atoms with Crippen LogP contribution in [0.1, 0.15) is 30.9 Å². The van der Waals surface area contributed by atoms with Gasteiger partial charge in [0.05, 0.1) is 26.7 Å². The van der Waals surface area contributed by atoms with Gasteiger partial charge in [0.1, 0.15) is 23.4 Å². The van der Waals surface area contributed by atoms with Crippen LogP contribution in [0.15, 0.2) is 48.5 Å². The monoisotopic (exact) mass is 428 g/mol. The van der Waals surface area contributed by atoms with Gasteiger partial charge in [0.2, 0.25) is 5.91 Å². The smallest absolute Gasteiger partial charge is 0.221 e. The maximum absolute atomic E-state index is 11.9. The minimum Gasteiger partial charge on any atom is -0.497 e.